The number of alkyl halides is 3. The fourth-order valence-electron chi connectivity index (χ4n) is 1.97. The van der Waals surface area contributed by atoms with Crippen molar-refractivity contribution in [3.05, 3.63) is 35.9 Å². The molecule has 1 aromatic rings. The molecule has 0 aliphatic heterocycles. The van der Waals surface area contributed by atoms with Crippen LogP contribution in [0.25, 0.3) is 0 Å². The van der Waals surface area contributed by atoms with Crippen LogP contribution in [-0.4, -0.2) is 49.2 Å². The molecule has 26 heavy (non-hydrogen) atoms. The first-order valence-electron chi connectivity index (χ1n) is 7.69. The van der Waals surface area contributed by atoms with Crippen LogP contribution in [0.1, 0.15) is 18.9 Å². The molecule has 0 saturated carbocycles. The summed E-state index contributed by atoms with van der Waals surface area (Å²) in [6.07, 6.45) is -5.06. The van der Waals surface area contributed by atoms with E-state index in [2.05, 4.69) is 15.0 Å². The van der Waals surface area contributed by atoms with Crippen molar-refractivity contribution in [3.8, 4) is 0 Å². The number of methoxy groups -OCH3 is 1. The molecule has 1 N–H and O–H groups in total. The molecule has 6 nitrogen and oxygen atoms in total. The van der Waals surface area contributed by atoms with Gasteiger partial charge in [-0.25, -0.2) is 4.79 Å². The van der Waals surface area contributed by atoms with Crippen LogP contribution >= 0.6 is 0 Å². The summed E-state index contributed by atoms with van der Waals surface area (Å²) in [5.74, 6) is -3.29. The van der Waals surface area contributed by atoms with Crippen molar-refractivity contribution in [3.63, 3.8) is 0 Å². The molecule has 0 radical (unpaired) electrons. The standard InChI is InChI=1S/C17H19F3N2O4/c1-11(16(25)26-2)22-15(24)13(10-12-6-4-3-5-7-12)21-9-8-14(23)17(18,19)20/h3-7,9,11,13H,8,10H2,1-2H3,(H,22,24)/t11-,13+/m1/s1. The Bertz CT molecular complexity index is 660. The van der Waals surface area contributed by atoms with Crippen LogP contribution in [-0.2, 0) is 25.5 Å². The molecule has 0 unspecified atom stereocenters. The first kappa shape index (κ1) is 21.3. The maximum Gasteiger partial charge on any atom is 0.450 e. The quantitative estimate of drug-likeness (QED) is 0.558. The average Bonchev–Trinajstić information content (AvgIpc) is 2.59. The molecule has 142 valence electrons. The number of hydrogen-bond acceptors (Lipinski definition) is 5. The smallest absolute Gasteiger partial charge is 0.450 e. The third-order valence-electron chi connectivity index (χ3n) is 3.37. The van der Waals surface area contributed by atoms with Gasteiger partial charge in [-0.05, 0) is 12.5 Å². The number of carbonyl (C=O) groups is 3. The molecule has 0 bridgehead atoms. The lowest BCUT2D eigenvalue weighted by Gasteiger charge is -2.16. The third-order valence-corrected chi connectivity index (χ3v) is 3.37. The fourth-order valence-corrected chi connectivity index (χ4v) is 1.97. The van der Waals surface area contributed by atoms with E-state index in [0.717, 1.165) is 18.9 Å². The Kier molecular flexibility index (Phi) is 7.95. The summed E-state index contributed by atoms with van der Waals surface area (Å²) in [6, 6.07) is 6.64. The van der Waals surface area contributed by atoms with Gasteiger partial charge in [0.2, 0.25) is 11.7 Å². The number of ether oxygens (including phenoxy) is 1. The van der Waals surface area contributed by atoms with Gasteiger partial charge in [0.25, 0.3) is 0 Å². The molecule has 0 spiro atoms. The highest BCUT2D eigenvalue weighted by Crippen LogP contribution is 2.17. The van der Waals surface area contributed by atoms with Gasteiger partial charge in [-0.3, -0.25) is 14.6 Å². The molecular formula is C17H19F3N2O4. The largest absolute Gasteiger partial charge is 0.467 e. The Hall–Kier alpha value is -2.71. The molecule has 9 heteroatoms. The van der Waals surface area contributed by atoms with E-state index in [1.807, 2.05) is 0 Å². The molecule has 0 heterocycles. The molecular weight excluding hydrogens is 353 g/mol. The zero-order chi connectivity index (χ0) is 19.7. The number of nitrogens with one attached hydrogen (secondary N) is 1. The van der Waals surface area contributed by atoms with Crippen molar-refractivity contribution in [1.29, 1.82) is 0 Å². The number of benzene rings is 1. The van der Waals surface area contributed by atoms with Crippen LogP contribution in [0, 0.1) is 0 Å². The molecule has 0 aromatic heterocycles. The van der Waals surface area contributed by atoms with Crippen molar-refractivity contribution in [2.75, 3.05) is 7.11 Å². The molecule has 0 saturated heterocycles. The van der Waals surface area contributed by atoms with Crippen molar-refractivity contribution in [2.24, 2.45) is 4.99 Å². The van der Waals surface area contributed by atoms with Gasteiger partial charge < -0.3 is 10.1 Å². The lowest BCUT2D eigenvalue weighted by atomic mass is 10.1. The first-order valence-corrected chi connectivity index (χ1v) is 7.69. The minimum absolute atomic E-state index is 0.0945. The van der Waals surface area contributed by atoms with Gasteiger partial charge in [0.15, 0.2) is 0 Å². The van der Waals surface area contributed by atoms with Gasteiger partial charge in [-0.15, -0.1) is 0 Å². The molecule has 0 aliphatic carbocycles. The second-order valence-electron chi connectivity index (χ2n) is 5.42. The van der Waals surface area contributed by atoms with Crippen LogP contribution < -0.4 is 5.32 Å². The fraction of sp³-hybridized carbons (Fsp3) is 0.412. The van der Waals surface area contributed by atoms with E-state index in [1.165, 1.54) is 6.92 Å². The summed E-state index contributed by atoms with van der Waals surface area (Å²) in [5.41, 5.74) is 0.720. The number of hydrogen-bond donors (Lipinski definition) is 1. The number of amides is 1. The van der Waals surface area contributed by atoms with Gasteiger partial charge in [0.05, 0.1) is 13.5 Å². The van der Waals surface area contributed by atoms with Gasteiger partial charge in [-0.2, -0.15) is 13.2 Å². The van der Waals surface area contributed by atoms with E-state index >= 15 is 0 Å². The average molecular weight is 372 g/mol. The molecule has 1 amide bonds. The van der Waals surface area contributed by atoms with Crippen molar-refractivity contribution in [2.45, 2.75) is 38.0 Å². The summed E-state index contributed by atoms with van der Waals surface area (Å²) in [6.45, 7) is 1.40. The van der Waals surface area contributed by atoms with Gasteiger partial charge >= 0.3 is 12.1 Å². The van der Waals surface area contributed by atoms with Crippen molar-refractivity contribution >= 4 is 23.9 Å². The highest BCUT2D eigenvalue weighted by molar-refractivity contribution is 5.96. The normalized spacial score (nSPS) is 13.9. The predicted octanol–water partition coefficient (Wildman–Crippen LogP) is 1.87. The van der Waals surface area contributed by atoms with E-state index < -0.39 is 42.3 Å². The zero-order valence-electron chi connectivity index (χ0n) is 14.2. The van der Waals surface area contributed by atoms with Gasteiger partial charge in [-0.1, -0.05) is 30.3 Å². The summed E-state index contributed by atoms with van der Waals surface area (Å²) >= 11 is 0. The predicted molar refractivity (Wildman–Crippen MR) is 87.7 cm³/mol. The van der Waals surface area contributed by atoms with Gasteiger partial charge in [0, 0.05) is 12.6 Å². The van der Waals surface area contributed by atoms with E-state index in [-0.39, 0.29) is 6.42 Å². The molecule has 1 rings (SSSR count). The molecule has 2 atom stereocenters. The highest BCUT2D eigenvalue weighted by atomic mass is 19.4. The number of esters is 1. The topological polar surface area (TPSA) is 84.8 Å². The number of nitrogens with zero attached hydrogens (tertiary/aromatic N) is 1. The first-order chi connectivity index (χ1) is 12.1. The number of aliphatic imine (C=N–C) groups is 1. The van der Waals surface area contributed by atoms with E-state index in [4.69, 9.17) is 0 Å². The number of carbonyl (C=O) groups excluding carboxylic acids is 3. The number of halogens is 3. The van der Waals surface area contributed by atoms with E-state index in [9.17, 15) is 27.6 Å². The number of Topliss-reactive ketones (excluding diaryl/α,β-unsaturated/α-hetero) is 1. The maximum absolute atomic E-state index is 12.3. The van der Waals surface area contributed by atoms with Crippen LogP contribution in [0.2, 0.25) is 0 Å². The van der Waals surface area contributed by atoms with Crippen LogP contribution in [0.4, 0.5) is 13.2 Å². The second-order valence-corrected chi connectivity index (χ2v) is 5.42. The number of rotatable bonds is 8. The van der Waals surface area contributed by atoms with Crippen molar-refractivity contribution in [1.82, 2.24) is 5.32 Å². The van der Waals surface area contributed by atoms with Crippen LogP contribution in [0.15, 0.2) is 35.3 Å². The van der Waals surface area contributed by atoms with Gasteiger partial charge in [0.1, 0.15) is 12.1 Å². The number of ketones is 1. The van der Waals surface area contributed by atoms with E-state index in [0.29, 0.717) is 0 Å². The third kappa shape index (κ3) is 7.04. The summed E-state index contributed by atoms with van der Waals surface area (Å²) in [7, 11) is 1.16. The molecule has 1 aromatic carbocycles. The minimum Gasteiger partial charge on any atom is -0.467 e. The zero-order valence-corrected chi connectivity index (χ0v) is 14.2. The second kappa shape index (κ2) is 9.69. The minimum atomic E-state index is -4.96. The van der Waals surface area contributed by atoms with Crippen LogP contribution in [0.5, 0.6) is 0 Å². The van der Waals surface area contributed by atoms with Crippen molar-refractivity contribution < 1.29 is 32.3 Å². The van der Waals surface area contributed by atoms with Crippen LogP contribution in [0.3, 0.4) is 0 Å². The molecule has 0 fully saturated rings. The summed E-state index contributed by atoms with van der Waals surface area (Å²) in [4.78, 5) is 38.4. The highest BCUT2D eigenvalue weighted by Gasteiger charge is 2.37. The molecule has 0 aliphatic rings. The Balaban J connectivity index is 2.86. The maximum atomic E-state index is 12.3. The monoisotopic (exact) mass is 372 g/mol. The lowest BCUT2D eigenvalue weighted by molar-refractivity contribution is -0.169. The Morgan fingerprint density at radius 3 is 2.38 bits per heavy atom. The SMILES string of the molecule is COC(=O)[C@@H](C)NC(=O)[C@H](Cc1ccccc1)N=CCC(=O)C(F)(F)F. The summed E-state index contributed by atoms with van der Waals surface area (Å²) in [5, 5.41) is 2.38. The Labute approximate surface area is 148 Å². The lowest BCUT2D eigenvalue weighted by Crippen LogP contribution is -2.44. The Morgan fingerprint density at radius 1 is 1.23 bits per heavy atom. The van der Waals surface area contributed by atoms with E-state index in [1.54, 1.807) is 30.3 Å². The Morgan fingerprint density at radius 2 is 1.85 bits per heavy atom. The summed E-state index contributed by atoms with van der Waals surface area (Å²) < 4.78 is 41.2.